The van der Waals surface area contributed by atoms with Crippen LogP contribution in [-0.4, -0.2) is 38.2 Å². The fraction of sp³-hybridized carbons (Fsp3) is 0.478. The van der Waals surface area contributed by atoms with Crippen LogP contribution in [0.2, 0.25) is 0 Å². The van der Waals surface area contributed by atoms with Crippen LogP contribution in [-0.2, 0) is 6.54 Å². The van der Waals surface area contributed by atoms with Crippen LogP contribution in [0.25, 0.3) is 0 Å². The predicted octanol–water partition coefficient (Wildman–Crippen LogP) is 4.96. The molecule has 0 N–H and O–H groups in total. The second-order valence-electron chi connectivity index (χ2n) is 7.57. The van der Waals surface area contributed by atoms with Gasteiger partial charge in [0.2, 0.25) is 0 Å². The van der Waals surface area contributed by atoms with Gasteiger partial charge >= 0.3 is 0 Å². The largest absolute Gasteiger partial charge is 0.493 e. The zero-order valence-electron chi connectivity index (χ0n) is 16.5. The predicted molar refractivity (Wildman–Crippen MR) is 110 cm³/mol. The van der Waals surface area contributed by atoms with E-state index in [1.54, 1.807) is 12.1 Å². The lowest BCUT2D eigenvalue weighted by molar-refractivity contribution is 0.136. The van der Waals surface area contributed by atoms with E-state index in [9.17, 15) is 4.39 Å². The molecule has 2 aromatic rings. The average Bonchev–Trinajstić information content (AvgIpc) is 2.69. The fourth-order valence-corrected chi connectivity index (χ4v) is 3.63. The van der Waals surface area contributed by atoms with E-state index in [1.165, 1.54) is 23.4 Å². The maximum absolute atomic E-state index is 12.9. The number of halogens is 1. The Morgan fingerprint density at radius 2 is 1.70 bits per heavy atom. The molecule has 1 aliphatic rings. The molecule has 27 heavy (non-hydrogen) atoms. The molecule has 0 saturated carbocycles. The van der Waals surface area contributed by atoms with Crippen LogP contribution in [0.3, 0.4) is 0 Å². The van der Waals surface area contributed by atoms with E-state index in [2.05, 4.69) is 48.0 Å². The average molecular weight is 371 g/mol. The number of rotatable bonds is 8. The summed E-state index contributed by atoms with van der Waals surface area (Å²) in [6.45, 7) is 7.25. The molecule has 1 fully saturated rings. The topological polar surface area (TPSA) is 15.7 Å². The first-order valence-electron chi connectivity index (χ1n) is 10.0. The van der Waals surface area contributed by atoms with E-state index in [4.69, 9.17) is 4.74 Å². The van der Waals surface area contributed by atoms with E-state index in [-0.39, 0.29) is 5.82 Å². The van der Waals surface area contributed by atoms with E-state index in [1.807, 2.05) is 0 Å². The lowest BCUT2D eigenvalue weighted by atomic mass is 9.97. The van der Waals surface area contributed by atoms with Gasteiger partial charge in [0.15, 0.2) is 0 Å². The number of hydrogen-bond donors (Lipinski definition) is 0. The zero-order valence-corrected chi connectivity index (χ0v) is 16.5. The van der Waals surface area contributed by atoms with Crippen molar-refractivity contribution in [1.82, 2.24) is 4.90 Å². The summed E-state index contributed by atoms with van der Waals surface area (Å²) in [5.74, 6) is 1.11. The Labute approximate surface area is 162 Å². The molecule has 2 aromatic carbocycles. The fourth-order valence-electron chi connectivity index (χ4n) is 3.63. The smallest absolute Gasteiger partial charge is 0.123 e. The van der Waals surface area contributed by atoms with Crippen molar-refractivity contribution in [3.05, 3.63) is 59.9 Å². The molecule has 0 aromatic heterocycles. The Balaban J connectivity index is 1.40. The minimum absolute atomic E-state index is 0.222. The summed E-state index contributed by atoms with van der Waals surface area (Å²) in [6, 6.07) is 15.3. The maximum Gasteiger partial charge on any atom is 0.123 e. The maximum atomic E-state index is 12.9. The van der Waals surface area contributed by atoms with E-state index < -0.39 is 0 Å². The SMILES string of the molecule is CCCN(C)c1ccc(CN2CCC(COc3ccc(F)cc3)CC2)cc1. The van der Waals surface area contributed by atoms with E-state index in [0.29, 0.717) is 5.92 Å². The van der Waals surface area contributed by atoms with Crippen molar-refractivity contribution >= 4 is 5.69 Å². The highest BCUT2D eigenvalue weighted by Gasteiger charge is 2.20. The molecule has 1 saturated heterocycles. The van der Waals surface area contributed by atoms with Crippen molar-refractivity contribution in [2.24, 2.45) is 5.92 Å². The van der Waals surface area contributed by atoms with Crippen LogP contribution < -0.4 is 9.64 Å². The van der Waals surface area contributed by atoms with Crippen LogP contribution in [0, 0.1) is 11.7 Å². The monoisotopic (exact) mass is 370 g/mol. The van der Waals surface area contributed by atoms with Crippen molar-refractivity contribution in [3.63, 3.8) is 0 Å². The second kappa shape index (κ2) is 9.75. The summed E-state index contributed by atoms with van der Waals surface area (Å²) >= 11 is 0. The molecule has 3 nitrogen and oxygen atoms in total. The summed E-state index contributed by atoms with van der Waals surface area (Å²) in [6.07, 6.45) is 3.47. The molecule has 0 amide bonds. The Morgan fingerprint density at radius 3 is 2.33 bits per heavy atom. The molecule has 4 heteroatoms. The minimum atomic E-state index is -0.222. The molecule has 0 aliphatic carbocycles. The Morgan fingerprint density at radius 1 is 1.04 bits per heavy atom. The summed E-state index contributed by atoms with van der Waals surface area (Å²) in [5, 5.41) is 0. The molecular weight excluding hydrogens is 339 g/mol. The van der Waals surface area contributed by atoms with Gasteiger partial charge in [0.25, 0.3) is 0 Å². The first-order chi connectivity index (χ1) is 13.1. The molecule has 0 radical (unpaired) electrons. The number of piperidine rings is 1. The van der Waals surface area contributed by atoms with Crippen LogP contribution in [0.5, 0.6) is 5.75 Å². The minimum Gasteiger partial charge on any atom is -0.493 e. The van der Waals surface area contributed by atoms with Gasteiger partial charge in [-0.25, -0.2) is 4.39 Å². The lowest BCUT2D eigenvalue weighted by Crippen LogP contribution is -2.35. The third-order valence-electron chi connectivity index (χ3n) is 5.35. The van der Waals surface area contributed by atoms with Gasteiger partial charge in [-0.1, -0.05) is 19.1 Å². The quantitative estimate of drug-likeness (QED) is 0.653. The Hall–Kier alpha value is -2.07. The van der Waals surface area contributed by atoms with Crippen molar-refractivity contribution in [3.8, 4) is 5.75 Å². The lowest BCUT2D eigenvalue weighted by Gasteiger charge is -2.32. The molecule has 146 valence electrons. The summed E-state index contributed by atoms with van der Waals surface area (Å²) < 4.78 is 18.8. The highest BCUT2D eigenvalue weighted by Crippen LogP contribution is 2.22. The molecule has 3 rings (SSSR count). The Bertz CT molecular complexity index is 679. The normalized spacial score (nSPS) is 15.7. The number of nitrogens with zero attached hydrogens (tertiary/aromatic N) is 2. The van der Waals surface area contributed by atoms with Crippen LogP contribution in [0.4, 0.5) is 10.1 Å². The van der Waals surface area contributed by atoms with Crippen molar-refractivity contribution in [1.29, 1.82) is 0 Å². The summed E-state index contributed by atoms with van der Waals surface area (Å²) in [4.78, 5) is 4.83. The standard InChI is InChI=1S/C23H31FN2O/c1-3-14-25(2)22-8-4-19(5-9-22)17-26-15-12-20(13-16-26)18-27-23-10-6-21(24)7-11-23/h4-11,20H,3,12-18H2,1-2H3. The van der Waals surface area contributed by atoms with Gasteiger partial charge in [-0.15, -0.1) is 0 Å². The highest BCUT2D eigenvalue weighted by molar-refractivity contribution is 5.46. The van der Waals surface area contributed by atoms with Gasteiger partial charge in [-0.05, 0) is 80.2 Å². The van der Waals surface area contributed by atoms with Crippen LogP contribution in [0.1, 0.15) is 31.7 Å². The van der Waals surface area contributed by atoms with Gasteiger partial charge < -0.3 is 9.64 Å². The zero-order chi connectivity index (χ0) is 19.1. The molecule has 0 bridgehead atoms. The number of hydrogen-bond acceptors (Lipinski definition) is 3. The van der Waals surface area contributed by atoms with E-state index in [0.717, 1.165) is 57.8 Å². The Kier molecular flexibility index (Phi) is 7.11. The van der Waals surface area contributed by atoms with E-state index >= 15 is 0 Å². The molecule has 1 heterocycles. The molecule has 0 unspecified atom stereocenters. The second-order valence-corrected chi connectivity index (χ2v) is 7.57. The highest BCUT2D eigenvalue weighted by atomic mass is 19.1. The van der Waals surface area contributed by atoms with Crippen LogP contribution >= 0.6 is 0 Å². The van der Waals surface area contributed by atoms with Crippen molar-refractivity contribution < 1.29 is 9.13 Å². The van der Waals surface area contributed by atoms with Crippen molar-refractivity contribution in [2.45, 2.75) is 32.7 Å². The number of benzene rings is 2. The van der Waals surface area contributed by atoms with Gasteiger partial charge in [-0.3, -0.25) is 4.90 Å². The summed E-state index contributed by atoms with van der Waals surface area (Å²) in [7, 11) is 2.15. The number of anilines is 1. The molecule has 0 atom stereocenters. The molecular formula is C23H31FN2O. The first kappa shape index (κ1) is 19.7. The van der Waals surface area contributed by atoms with Gasteiger partial charge in [0.05, 0.1) is 6.61 Å². The van der Waals surface area contributed by atoms with Crippen LogP contribution in [0.15, 0.2) is 48.5 Å². The molecule has 0 spiro atoms. The van der Waals surface area contributed by atoms with Crippen molar-refractivity contribution in [2.75, 3.05) is 38.2 Å². The third kappa shape index (κ3) is 5.96. The first-order valence-corrected chi connectivity index (χ1v) is 10.0. The van der Waals surface area contributed by atoms with Gasteiger partial charge in [0, 0.05) is 25.8 Å². The summed E-state index contributed by atoms with van der Waals surface area (Å²) in [5.41, 5.74) is 2.67. The number of ether oxygens (including phenoxy) is 1. The van der Waals surface area contributed by atoms with Gasteiger partial charge in [-0.2, -0.15) is 0 Å². The third-order valence-corrected chi connectivity index (χ3v) is 5.35. The molecule has 1 aliphatic heterocycles. The number of likely N-dealkylation sites (tertiary alicyclic amines) is 1. The van der Waals surface area contributed by atoms with Gasteiger partial charge in [0.1, 0.15) is 11.6 Å².